The summed E-state index contributed by atoms with van der Waals surface area (Å²) in [7, 11) is 0. The van der Waals surface area contributed by atoms with Crippen LogP contribution in [0.3, 0.4) is 0 Å². The third-order valence-corrected chi connectivity index (χ3v) is 4.23. The molecule has 4 nitrogen and oxygen atoms in total. The molecular formula is C19H21FN2O2. The Bertz CT molecular complexity index is 700. The summed E-state index contributed by atoms with van der Waals surface area (Å²) < 4.78 is 19.0. The molecule has 126 valence electrons. The average molecular weight is 328 g/mol. The molecule has 1 amide bonds. The largest absolute Gasteiger partial charge is 0.367 e. The number of hydrogen-bond acceptors (Lipinski definition) is 3. The summed E-state index contributed by atoms with van der Waals surface area (Å²) in [5.41, 5.74) is 8.10. The first-order valence-electron chi connectivity index (χ1n) is 8.06. The lowest BCUT2D eigenvalue weighted by Crippen LogP contribution is -2.46. The highest BCUT2D eigenvalue weighted by molar-refractivity contribution is 5.94. The average Bonchev–Trinajstić information content (AvgIpc) is 2.61. The quantitative estimate of drug-likeness (QED) is 0.942. The van der Waals surface area contributed by atoms with Gasteiger partial charge in [-0.05, 0) is 42.3 Å². The highest BCUT2D eigenvalue weighted by atomic mass is 19.1. The summed E-state index contributed by atoms with van der Waals surface area (Å²) >= 11 is 0. The van der Waals surface area contributed by atoms with Gasteiger partial charge in [0.2, 0.25) is 0 Å². The van der Waals surface area contributed by atoms with Crippen molar-refractivity contribution in [3.63, 3.8) is 0 Å². The van der Waals surface area contributed by atoms with Crippen molar-refractivity contribution < 1.29 is 13.9 Å². The topological polar surface area (TPSA) is 55.6 Å². The van der Waals surface area contributed by atoms with Gasteiger partial charge in [-0.3, -0.25) is 4.79 Å². The SMILES string of the molecule is C[C@H]1CN(C(=O)c2ccc(CN)cc2)C[C@@H](c2ccc(F)cc2)O1. The molecule has 2 aromatic rings. The monoisotopic (exact) mass is 328 g/mol. The number of ether oxygens (including phenoxy) is 1. The van der Waals surface area contributed by atoms with Crippen LogP contribution in [0.25, 0.3) is 0 Å². The van der Waals surface area contributed by atoms with Crippen LogP contribution in [0.1, 0.15) is 34.5 Å². The highest BCUT2D eigenvalue weighted by Gasteiger charge is 2.29. The van der Waals surface area contributed by atoms with Crippen molar-refractivity contribution in [3.8, 4) is 0 Å². The molecule has 2 aromatic carbocycles. The van der Waals surface area contributed by atoms with Crippen LogP contribution in [0.2, 0.25) is 0 Å². The van der Waals surface area contributed by atoms with Gasteiger partial charge < -0.3 is 15.4 Å². The Morgan fingerprint density at radius 2 is 1.83 bits per heavy atom. The number of nitrogens with zero attached hydrogens (tertiary/aromatic N) is 1. The van der Waals surface area contributed by atoms with E-state index in [1.165, 1.54) is 12.1 Å². The predicted molar refractivity (Wildman–Crippen MR) is 89.9 cm³/mol. The Balaban J connectivity index is 1.76. The zero-order valence-corrected chi connectivity index (χ0v) is 13.6. The van der Waals surface area contributed by atoms with Crippen LogP contribution >= 0.6 is 0 Å². The number of carbonyl (C=O) groups is 1. The first-order chi connectivity index (χ1) is 11.6. The number of carbonyl (C=O) groups excluding carboxylic acids is 1. The first kappa shape index (κ1) is 16.6. The fourth-order valence-electron chi connectivity index (χ4n) is 2.94. The van der Waals surface area contributed by atoms with Crippen molar-refractivity contribution in [1.29, 1.82) is 0 Å². The summed E-state index contributed by atoms with van der Waals surface area (Å²) in [6, 6.07) is 13.6. The van der Waals surface area contributed by atoms with Gasteiger partial charge in [-0.2, -0.15) is 0 Å². The lowest BCUT2D eigenvalue weighted by Gasteiger charge is -2.37. The van der Waals surface area contributed by atoms with E-state index in [4.69, 9.17) is 10.5 Å². The second kappa shape index (κ2) is 7.11. The van der Waals surface area contributed by atoms with Crippen LogP contribution in [0.4, 0.5) is 4.39 Å². The summed E-state index contributed by atoms with van der Waals surface area (Å²) in [6.07, 6.45) is -0.331. The summed E-state index contributed by atoms with van der Waals surface area (Å²) in [6.45, 7) is 3.38. The van der Waals surface area contributed by atoms with E-state index in [-0.39, 0.29) is 23.9 Å². The molecule has 0 radical (unpaired) electrons. The van der Waals surface area contributed by atoms with Gasteiger partial charge in [0, 0.05) is 18.7 Å². The number of amides is 1. The van der Waals surface area contributed by atoms with Gasteiger partial charge in [0.25, 0.3) is 5.91 Å². The van der Waals surface area contributed by atoms with E-state index in [0.29, 0.717) is 25.2 Å². The van der Waals surface area contributed by atoms with E-state index in [1.807, 2.05) is 19.1 Å². The maximum Gasteiger partial charge on any atom is 0.254 e. The molecule has 1 saturated heterocycles. The Morgan fingerprint density at radius 1 is 1.17 bits per heavy atom. The van der Waals surface area contributed by atoms with Gasteiger partial charge >= 0.3 is 0 Å². The normalized spacial score (nSPS) is 20.9. The molecule has 0 unspecified atom stereocenters. The van der Waals surface area contributed by atoms with Crippen molar-refractivity contribution >= 4 is 5.91 Å². The molecule has 1 heterocycles. The van der Waals surface area contributed by atoms with Crippen LogP contribution < -0.4 is 5.73 Å². The lowest BCUT2D eigenvalue weighted by atomic mass is 10.0. The molecule has 1 aliphatic rings. The molecule has 5 heteroatoms. The van der Waals surface area contributed by atoms with Crippen LogP contribution in [-0.2, 0) is 11.3 Å². The number of morpholine rings is 1. The van der Waals surface area contributed by atoms with E-state index < -0.39 is 0 Å². The summed E-state index contributed by atoms with van der Waals surface area (Å²) in [5.74, 6) is -0.309. The lowest BCUT2D eigenvalue weighted by molar-refractivity contribution is -0.0691. The standard InChI is InChI=1S/C19H21FN2O2/c1-13-11-22(19(23)16-4-2-14(10-21)3-5-16)12-18(24-13)15-6-8-17(20)9-7-15/h2-9,13,18H,10-12,21H2,1H3/t13-,18-/m0/s1. The maximum atomic E-state index is 13.1. The molecule has 1 aliphatic heterocycles. The van der Waals surface area contributed by atoms with Crippen molar-refractivity contribution in [2.75, 3.05) is 13.1 Å². The molecule has 2 atom stereocenters. The molecule has 0 aliphatic carbocycles. The molecule has 0 saturated carbocycles. The molecule has 2 N–H and O–H groups in total. The van der Waals surface area contributed by atoms with Gasteiger partial charge in [-0.25, -0.2) is 4.39 Å². The predicted octanol–water partition coefficient (Wildman–Crippen LogP) is 2.89. The van der Waals surface area contributed by atoms with Crippen LogP contribution in [0.5, 0.6) is 0 Å². The molecule has 3 rings (SSSR count). The Hall–Kier alpha value is -2.24. The van der Waals surface area contributed by atoms with Gasteiger partial charge in [0.05, 0.1) is 12.6 Å². The molecular weight excluding hydrogens is 307 g/mol. The minimum atomic E-state index is -0.282. The Morgan fingerprint density at radius 3 is 2.46 bits per heavy atom. The van der Waals surface area contributed by atoms with Crippen molar-refractivity contribution in [1.82, 2.24) is 4.90 Å². The second-order valence-corrected chi connectivity index (χ2v) is 6.10. The van der Waals surface area contributed by atoms with Crippen molar-refractivity contribution in [2.24, 2.45) is 5.73 Å². The summed E-state index contributed by atoms with van der Waals surface area (Å²) in [5, 5.41) is 0. The van der Waals surface area contributed by atoms with Crippen molar-refractivity contribution in [2.45, 2.75) is 25.7 Å². The molecule has 1 fully saturated rings. The van der Waals surface area contributed by atoms with Gasteiger partial charge in [-0.1, -0.05) is 24.3 Å². The minimum absolute atomic E-state index is 0.0270. The number of hydrogen-bond donors (Lipinski definition) is 1. The minimum Gasteiger partial charge on any atom is -0.367 e. The van der Waals surface area contributed by atoms with Crippen LogP contribution in [0.15, 0.2) is 48.5 Å². The first-order valence-corrected chi connectivity index (χ1v) is 8.06. The summed E-state index contributed by atoms with van der Waals surface area (Å²) in [4.78, 5) is 14.5. The number of halogens is 1. The third-order valence-electron chi connectivity index (χ3n) is 4.23. The molecule has 0 spiro atoms. The molecule has 0 aromatic heterocycles. The van der Waals surface area contributed by atoms with Gasteiger partial charge in [-0.15, -0.1) is 0 Å². The van der Waals surface area contributed by atoms with Crippen LogP contribution in [0, 0.1) is 5.82 Å². The van der Waals surface area contributed by atoms with Gasteiger partial charge in [0.15, 0.2) is 0 Å². The number of nitrogens with two attached hydrogens (primary N) is 1. The van der Waals surface area contributed by atoms with E-state index in [1.54, 1.807) is 29.2 Å². The van der Waals surface area contributed by atoms with Crippen LogP contribution in [-0.4, -0.2) is 30.0 Å². The Labute approximate surface area is 141 Å². The van der Waals surface area contributed by atoms with Crippen molar-refractivity contribution in [3.05, 3.63) is 71.0 Å². The van der Waals surface area contributed by atoms with E-state index in [2.05, 4.69) is 0 Å². The Kier molecular flexibility index (Phi) is 4.92. The fraction of sp³-hybridized carbons (Fsp3) is 0.316. The van der Waals surface area contributed by atoms with E-state index in [0.717, 1.165) is 11.1 Å². The zero-order chi connectivity index (χ0) is 17.1. The third kappa shape index (κ3) is 3.63. The molecule has 0 bridgehead atoms. The molecule has 24 heavy (non-hydrogen) atoms. The fourth-order valence-corrected chi connectivity index (χ4v) is 2.94. The van der Waals surface area contributed by atoms with E-state index >= 15 is 0 Å². The highest BCUT2D eigenvalue weighted by Crippen LogP contribution is 2.26. The van der Waals surface area contributed by atoms with E-state index in [9.17, 15) is 9.18 Å². The second-order valence-electron chi connectivity index (χ2n) is 6.10. The number of rotatable bonds is 3. The zero-order valence-electron chi connectivity index (χ0n) is 13.6. The maximum absolute atomic E-state index is 13.1. The smallest absolute Gasteiger partial charge is 0.254 e. The number of benzene rings is 2. The van der Waals surface area contributed by atoms with Gasteiger partial charge in [0.1, 0.15) is 11.9 Å².